The molecule has 0 unspecified atom stereocenters. The molecular weight excluding hydrogens is 302 g/mol. The number of aryl methyl sites for hydroxylation is 1. The highest BCUT2D eigenvalue weighted by atomic mass is 16.2. The zero-order valence-corrected chi connectivity index (χ0v) is 14.0. The van der Waals surface area contributed by atoms with Gasteiger partial charge in [0.2, 0.25) is 0 Å². The first-order valence-electron chi connectivity index (χ1n) is 8.41. The average Bonchev–Trinajstić information content (AvgIpc) is 3.07. The molecule has 3 rings (SSSR count). The Morgan fingerprint density at radius 2 is 1.83 bits per heavy atom. The van der Waals surface area contributed by atoms with Crippen molar-refractivity contribution in [2.75, 3.05) is 13.1 Å². The summed E-state index contributed by atoms with van der Waals surface area (Å²) < 4.78 is 0. The van der Waals surface area contributed by atoms with E-state index in [2.05, 4.69) is 21.3 Å². The first-order valence-corrected chi connectivity index (χ1v) is 8.41. The van der Waals surface area contributed by atoms with E-state index < -0.39 is 0 Å². The van der Waals surface area contributed by atoms with Crippen molar-refractivity contribution >= 4 is 5.91 Å². The van der Waals surface area contributed by atoms with Crippen LogP contribution >= 0.6 is 0 Å². The molecule has 2 aromatic rings. The molecule has 1 aromatic heterocycles. The van der Waals surface area contributed by atoms with E-state index in [4.69, 9.17) is 0 Å². The fourth-order valence-electron chi connectivity index (χ4n) is 3.09. The molecular formula is C19H23N3O2. The lowest BCUT2D eigenvalue weighted by Gasteiger charge is -2.17. The number of amides is 1. The van der Waals surface area contributed by atoms with Gasteiger partial charge in [0.1, 0.15) is 5.56 Å². The van der Waals surface area contributed by atoms with Crippen LogP contribution in [0.15, 0.2) is 41.2 Å². The highest BCUT2D eigenvalue weighted by molar-refractivity contribution is 5.93. The highest BCUT2D eigenvalue weighted by Crippen LogP contribution is 2.16. The maximum Gasteiger partial charge on any atom is 0.260 e. The first-order chi connectivity index (χ1) is 11.6. The number of pyridine rings is 1. The summed E-state index contributed by atoms with van der Waals surface area (Å²) in [6, 6.07) is 11.5. The molecule has 2 heterocycles. The molecule has 5 nitrogen and oxygen atoms in total. The molecule has 0 spiro atoms. The van der Waals surface area contributed by atoms with Gasteiger partial charge in [-0.3, -0.25) is 14.5 Å². The summed E-state index contributed by atoms with van der Waals surface area (Å²) in [5.74, 6) is -0.341. The summed E-state index contributed by atoms with van der Waals surface area (Å²) in [6.45, 7) is 5.41. The number of rotatable bonds is 5. The third-order valence-electron chi connectivity index (χ3n) is 4.45. The Morgan fingerprint density at radius 1 is 1.12 bits per heavy atom. The summed E-state index contributed by atoms with van der Waals surface area (Å²) in [7, 11) is 0. The van der Waals surface area contributed by atoms with Gasteiger partial charge in [0.25, 0.3) is 11.5 Å². The van der Waals surface area contributed by atoms with Crippen molar-refractivity contribution in [1.82, 2.24) is 15.2 Å². The van der Waals surface area contributed by atoms with Gasteiger partial charge in [-0.15, -0.1) is 0 Å². The minimum absolute atomic E-state index is 0.151. The third-order valence-corrected chi connectivity index (χ3v) is 4.45. The number of aromatic amines is 1. The molecule has 5 heteroatoms. The summed E-state index contributed by atoms with van der Waals surface area (Å²) in [6.07, 6.45) is 2.52. The Labute approximate surface area is 141 Å². The van der Waals surface area contributed by atoms with E-state index in [1.807, 2.05) is 18.2 Å². The summed E-state index contributed by atoms with van der Waals surface area (Å²) >= 11 is 0. The van der Waals surface area contributed by atoms with Gasteiger partial charge in [0.05, 0.1) is 0 Å². The van der Waals surface area contributed by atoms with Gasteiger partial charge in [0, 0.05) is 18.8 Å². The number of hydrogen-bond acceptors (Lipinski definition) is 3. The van der Waals surface area contributed by atoms with E-state index in [9.17, 15) is 9.59 Å². The van der Waals surface area contributed by atoms with Gasteiger partial charge >= 0.3 is 0 Å². The van der Waals surface area contributed by atoms with E-state index in [1.165, 1.54) is 18.4 Å². The predicted octanol–water partition coefficient (Wildman–Crippen LogP) is 2.21. The van der Waals surface area contributed by atoms with Gasteiger partial charge in [-0.05, 0) is 56.1 Å². The van der Waals surface area contributed by atoms with Gasteiger partial charge in [0.15, 0.2) is 0 Å². The Hall–Kier alpha value is -2.40. The van der Waals surface area contributed by atoms with Crippen molar-refractivity contribution in [2.45, 2.75) is 32.9 Å². The lowest BCUT2D eigenvalue weighted by Crippen LogP contribution is -2.30. The molecule has 0 saturated carbocycles. The number of benzene rings is 1. The highest BCUT2D eigenvalue weighted by Gasteiger charge is 2.15. The van der Waals surface area contributed by atoms with E-state index in [0.29, 0.717) is 6.54 Å². The van der Waals surface area contributed by atoms with Crippen molar-refractivity contribution in [3.63, 3.8) is 0 Å². The normalized spacial score (nSPS) is 14.7. The molecule has 1 fully saturated rings. The number of carbonyl (C=O) groups excluding carboxylic acids is 1. The average molecular weight is 325 g/mol. The van der Waals surface area contributed by atoms with Crippen LogP contribution in [0.25, 0.3) is 0 Å². The first kappa shape index (κ1) is 16.5. The van der Waals surface area contributed by atoms with Crippen LogP contribution in [0.3, 0.4) is 0 Å². The second-order valence-electron chi connectivity index (χ2n) is 6.32. The number of nitrogens with zero attached hydrogens (tertiary/aromatic N) is 1. The van der Waals surface area contributed by atoms with Crippen LogP contribution in [0.1, 0.15) is 40.0 Å². The van der Waals surface area contributed by atoms with Gasteiger partial charge in [-0.2, -0.15) is 0 Å². The summed E-state index contributed by atoms with van der Waals surface area (Å²) in [5.41, 5.74) is 2.88. The molecule has 1 saturated heterocycles. The Kier molecular flexibility index (Phi) is 5.11. The minimum atomic E-state index is -0.349. The monoisotopic (exact) mass is 325 g/mol. The summed E-state index contributed by atoms with van der Waals surface area (Å²) in [4.78, 5) is 29.2. The Bertz CT molecular complexity index is 776. The van der Waals surface area contributed by atoms with Crippen LogP contribution in [0.2, 0.25) is 0 Å². The molecule has 2 N–H and O–H groups in total. The largest absolute Gasteiger partial charge is 0.348 e. The van der Waals surface area contributed by atoms with E-state index in [1.54, 1.807) is 19.1 Å². The molecule has 24 heavy (non-hydrogen) atoms. The minimum Gasteiger partial charge on any atom is -0.348 e. The van der Waals surface area contributed by atoms with Crippen LogP contribution < -0.4 is 10.9 Å². The third kappa shape index (κ3) is 3.92. The topological polar surface area (TPSA) is 65.2 Å². The fourth-order valence-corrected chi connectivity index (χ4v) is 3.09. The number of nitrogens with one attached hydrogen (secondary N) is 2. The van der Waals surface area contributed by atoms with Crippen LogP contribution in [-0.2, 0) is 13.1 Å². The predicted molar refractivity (Wildman–Crippen MR) is 93.9 cm³/mol. The molecule has 0 radical (unpaired) electrons. The number of aromatic nitrogens is 1. The molecule has 1 aliphatic rings. The van der Waals surface area contributed by atoms with Crippen molar-refractivity contribution in [3.05, 3.63) is 69.1 Å². The zero-order valence-electron chi connectivity index (χ0n) is 14.0. The van der Waals surface area contributed by atoms with Crippen LogP contribution in [0.5, 0.6) is 0 Å². The van der Waals surface area contributed by atoms with E-state index in [-0.39, 0.29) is 17.0 Å². The molecule has 1 aromatic carbocycles. The lowest BCUT2D eigenvalue weighted by atomic mass is 10.1. The fraction of sp³-hybridized carbons (Fsp3) is 0.368. The maximum absolute atomic E-state index is 12.3. The van der Waals surface area contributed by atoms with Gasteiger partial charge in [-0.25, -0.2) is 0 Å². The molecule has 1 amide bonds. The van der Waals surface area contributed by atoms with E-state index in [0.717, 1.165) is 30.9 Å². The second-order valence-corrected chi connectivity index (χ2v) is 6.32. The molecule has 0 atom stereocenters. The maximum atomic E-state index is 12.3. The van der Waals surface area contributed by atoms with Crippen molar-refractivity contribution in [3.8, 4) is 0 Å². The number of likely N-dealkylation sites (tertiary alicyclic amines) is 1. The van der Waals surface area contributed by atoms with Crippen LogP contribution in [-0.4, -0.2) is 28.9 Å². The number of hydrogen-bond donors (Lipinski definition) is 2. The summed E-state index contributed by atoms with van der Waals surface area (Å²) in [5, 5.41) is 2.86. The molecule has 0 bridgehead atoms. The van der Waals surface area contributed by atoms with Gasteiger partial charge in [-0.1, -0.05) is 24.3 Å². The standard InChI is InChI=1S/C19H23N3O2/c1-14-8-9-17(19(24)21-14)18(23)20-12-15-6-2-3-7-16(15)13-22-10-4-5-11-22/h2-3,6-9H,4-5,10-13H2,1H3,(H,20,23)(H,21,24). The quantitative estimate of drug-likeness (QED) is 0.886. The van der Waals surface area contributed by atoms with Crippen molar-refractivity contribution < 1.29 is 4.79 Å². The zero-order chi connectivity index (χ0) is 16.9. The van der Waals surface area contributed by atoms with Crippen LogP contribution in [0.4, 0.5) is 0 Å². The SMILES string of the molecule is Cc1ccc(C(=O)NCc2ccccc2CN2CCCC2)c(=O)[nH]1. The van der Waals surface area contributed by atoms with Gasteiger partial charge < -0.3 is 10.3 Å². The van der Waals surface area contributed by atoms with E-state index >= 15 is 0 Å². The van der Waals surface area contributed by atoms with Crippen molar-refractivity contribution in [2.24, 2.45) is 0 Å². The molecule has 1 aliphatic heterocycles. The lowest BCUT2D eigenvalue weighted by molar-refractivity contribution is 0.0949. The smallest absolute Gasteiger partial charge is 0.260 e. The number of carbonyl (C=O) groups is 1. The Morgan fingerprint density at radius 3 is 2.54 bits per heavy atom. The second kappa shape index (κ2) is 7.45. The van der Waals surface area contributed by atoms with Crippen LogP contribution in [0, 0.1) is 6.92 Å². The molecule has 126 valence electrons. The van der Waals surface area contributed by atoms with Crippen molar-refractivity contribution in [1.29, 1.82) is 0 Å². The number of H-pyrrole nitrogens is 1. The Balaban J connectivity index is 1.67. The molecule has 0 aliphatic carbocycles.